The molecule has 2 aromatic rings. The number of nitrogens with one attached hydrogen (secondary N) is 1. The molecule has 1 saturated heterocycles. The van der Waals surface area contributed by atoms with Gasteiger partial charge >= 0.3 is 0 Å². The van der Waals surface area contributed by atoms with Gasteiger partial charge in [-0.05, 0) is 55.3 Å². The molecule has 0 unspecified atom stereocenters. The maximum Gasteiger partial charge on any atom is 0.255 e. The second-order valence-corrected chi connectivity index (χ2v) is 5.87. The van der Waals surface area contributed by atoms with Crippen LogP contribution in [0.25, 0.3) is 0 Å². The molecule has 1 aliphatic rings. The number of carbonyl (C=O) groups excluding carboxylic acids is 1. The second-order valence-electron chi connectivity index (χ2n) is 5.43. The van der Waals surface area contributed by atoms with Gasteiger partial charge < -0.3 is 16.0 Å². The molecule has 1 fully saturated rings. The summed E-state index contributed by atoms with van der Waals surface area (Å²) in [4.78, 5) is 14.7. The van der Waals surface area contributed by atoms with Crippen LogP contribution in [-0.4, -0.2) is 19.0 Å². The number of anilines is 3. The van der Waals surface area contributed by atoms with Gasteiger partial charge in [0, 0.05) is 29.4 Å². The zero-order valence-corrected chi connectivity index (χ0v) is 12.9. The molecule has 2 aromatic carbocycles. The molecule has 0 aromatic heterocycles. The fourth-order valence-electron chi connectivity index (χ4n) is 2.68. The van der Waals surface area contributed by atoms with Crippen molar-refractivity contribution in [2.75, 3.05) is 29.0 Å². The molecule has 22 heavy (non-hydrogen) atoms. The average molecular weight is 316 g/mol. The number of nitrogens with zero attached hydrogens (tertiary/aromatic N) is 1. The molecule has 3 rings (SSSR count). The van der Waals surface area contributed by atoms with Gasteiger partial charge in [0.05, 0.1) is 11.4 Å². The summed E-state index contributed by atoms with van der Waals surface area (Å²) in [5.74, 6) is -0.164. The Kier molecular flexibility index (Phi) is 4.20. The number of nitrogen functional groups attached to an aromatic ring is 1. The smallest absolute Gasteiger partial charge is 0.255 e. The highest BCUT2D eigenvalue weighted by atomic mass is 35.5. The second kappa shape index (κ2) is 6.28. The lowest BCUT2D eigenvalue weighted by atomic mass is 10.2. The standard InChI is InChI=1S/C17H18ClN3O/c18-13-5-3-12(4-6-13)17(22)20-15-11-14(19)7-8-16(15)21-9-1-2-10-21/h3-8,11H,1-2,9-10,19H2,(H,20,22). The quantitative estimate of drug-likeness (QED) is 0.848. The lowest BCUT2D eigenvalue weighted by Crippen LogP contribution is -2.21. The van der Waals surface area contributed by atoms with Gasteiger partial charge in [-0.2, -0.15) is 0 Å². The normalized spacial score (nSPS) is 14.1. The van der Waals surface area contributed by atoms with Crippen molar-refractivity contribution in [1.29, 1.82) is 0 Å². The molecule has 0 radical (unpaired) electrons. The van der Waals surface area contributed by atoms with E-state index in [4.69, 9.17) is 17.3 Å². The monoisotopic (exact) mass is 315 g/mol. The van der Waals surface area contributed by atoms with Crippen LogP contribution in [0.4, 0.5) is 17.1 Å². The predicted molar refractivity (Wildman–Crippen MR) is 91.7 cm³/mol. The van der Waals surface area contributed by atoms with E-state index in [9.17, 15) is 4.79 Å². The summed E-state index contributed by atoms with van der Waals surface area (Å²) in [5, 5.41) is 3.57. The Balaban J connectivity index is 1.85. The number of amides is 1. The number of carbonyl (C=O) groups is 1. The van der Waals surface area contributed by atoms with Crippen LogP contribution in [0.15, 0.2) is 42.5 Å². The number of halogens is 1. The Hall–Kier alpha value is -2.20. The van der Waals surface area contributed by atoms with Crippen LogP contribution < -0.4 is 16.0 Å². The summed E-state index contributed by atoms with van der Waals surface area (Å²) in [5.41, 5.74) is 8.85. The summed E-state index contributed by atoms with van der Waals surface area (Å²) in [6.07, 6.45) is 2.35. The zero-order chi connectivity index (χ0) is 15.5. The molecule has 1 amide bonds. The summed E-state index contributed by atoms with van der Waals surface area (Å²) in [6, 6.07) is 12.5. The maximum absolute atomic E-state index is 12.4. The van der Waals surface area contributed by atoms with E-state index in [1.54, 1.807) is 24.3 Å². The highest BCUT2D eigenvalue weighted by Gasteiger charge is 2.17. The molecule has 3 N–H and O–H groups in total. The first-order valence-corrected chi connectivity index (χ1v) is 7.73. The van der Waals surface area contributed by atoms with Crippen LogP contribution in [0.1, 0.15) is 23.2 Å². The van der Waals surface area contributed by atoms with E-state index >= 15 is 0 Å². The van der Waals surface area contributed by atoms with Gasteiger partial charge in [-0.1, -0.05) is 11.6 Å². The van der Waals surface area contributed by atoms with E-state index in [-0.39, 0.29) is 5.91 Å². The maximum atomic E-state index is 12.4. The molecule has 0 spiro atoms. The van der Waals surface area contributed by atoms with Crippen molar-refractivity contribution < 1.29 is 4.79 Å². The third-order valence-corrected chi connectivity index (χ3v) is 4.07. The molecule has 0 atom stereocenters. The van der Waals surface area contributed by atoms with Crippen molar-refractivity contribution in [3.8, 4) is 0 Å². The summed E-state index contributed by atoms with van der Waals surface area (Å²) in [7, 11) is 0. The van der Waals surface area contributed by atoms with E-state index in [1.165, 1.54) is 12.8 Å². The third kappa shape index (κ3) is 3.17. The van der Waals surface area contributed by atoms with Crippen LogP contribution in [0, 0.1) is 0 Å². The van der Waals surface area contributed by atoms with Gasteiger partial charge in [0.15, 0.2) is 0 Å². The van der Waals surface area contributed by atoms with Crippen molar-refractivity contribution in [2.45, 2.75) is 12.8 Å². The van der Waals surface area contributed by atoms with Gasteiger partial charge in [-0.3, -0.25) is 4.79 Å². The molecule has 5 heteroatoms. The highest BCUT2D eigenvalue weighted by molar-refractivity contribution is 6.30. The zero-order valence-electron chi connectivity index (χ0n) is 12.2. The summed E-state index contributed by atoms with van der Waals surface area (Å²) < 4.78 is 0. The molecule has 0 bridgehead atoms. The molecule has 1 heterocycles. The Morgan fingerprint density at radius 2 is 1.77 bits per heavy atom. The highest BCUT2D eigenvalue weighted by Crippen LogP contribution is 2.31. The van der Waals surface area contributed by atoms with Crippen LogP contribution in [0.5, 0.6) is 0 Å². The predicted octanol–water partition coefficient (Wildman–Crippen LogP) is 3.77. The fourth-order valence-corrected chi connectivity index (χ4v) is 2.81. The molecule has 0 saturated carbocycles. The van der Waals surface area contributed by atoms with Gasteiger partial charge in [0.1, 0.15) is 0 Å². The van der Waals surface area contributed by atoms with Gasteiger partial charge in [0.2, 0.25) is 0 Å². The minimum Gasteiger partial charge on any atom is -0.399 e. The number of hydrogen-bond donors (Lipinski definition) is 2. The van der Waals surface area contributed by atoms with Crippen LogP contribution in [0.3, 0.4) is 0 Å². The first kappa shape index (κ1) is 14.7. The van der Waals surface area contributed by atoms with Crippen molar-refractivity contribution >= 4 is 34.6 Å². The number of benzene rings is 2. The first-order valence-electron chi connectivity index (χ1n) is 7.35. The number of rotatable bonds is 3. The topological polar surface area (TPSA) is 58.4 Å². The van der Waals surface area contributed by atoms with Crippen LogP contribution in [0.2, 0.25) is 5.02 Å². The fraction of sp³-hybridized carbons (Fsp3) is 0.235. The van der Waals surface area contributed by atoms with Gasteiger partial charge in [0.25, 0.3) is 5.91 Å². The van der Waals surface area contributed by atoms with Crippen molar-refractivity contribution in [2.24, 2.45) is 0 Å². The molecular weight excluding hydrogens is 298 g/mol. The van der Waals surface area contributed by atoms with E-state index in [1.807, 2.05) is 18.2 Å². The van der Waals surface area contributed by atoms with Gasteiger partial charge in [-0.25, -0.2) is 0 Å². The Morgan fingerprint density at radius 3 is 2.45 bits per heavy atom. The Labute approximate surface area is 134 Å². The summed E-state index contributed by atoms with van der Waals surface area (Å²) >= 11 is 5.85. The van der Waals surface area contributed by atoms with E-state index in [2.05, 4.69) is 10.2 Å². The van der Waals surface area contributed by atoms with Crippen molar-refractivity contribution in [3.05, 3.63) is 53.1 Å². The minimum atomic E-state index is -0.164. The molecule has 114 valence electrons. The lowest BCUT2D eigenvalue weighted by molar-refractivity contribution is 0.102. The van der Waals surface area contributed by atoms with Crippen molar-refractivity contribution in [1.82, 2.24) is 0 Å². The van der Waals surface area contributed by atoms with Crippen molar-refractivity contribution in [3.63, 3.8) is 0 Å². The first-order chi connectivity index (χ1) is 10.6. The Bertz CT molecular complexity index is 679. The van der Waals surface area contributed by atoms with Crippen LogP contribution >= 0.6 is 11.6 Å². The van der Waals surface area contributed by atoms with E-state index < -0.39 is 0 Å². The number of hydrogen-bond acceptors (Lipinski definition) is 3. The molecular formula is C17H18ClN3O. The largest absolute Gasteiger partial charge is 0.399 e. The SMILES string of the molecule is Nc1ccc(N2CCCC2)c(NC(=O)c2ccc(Cl)cc2)c1. The molecule has 1 aliphatic heterocycles. The van der Waals surface area contributed by atoms with Crippen LogP contribution in [-0.2, 0) is 0 Å². The van der Waals surface area contributed by atoms with E-state index in [0.29, 0.717) is 16.3 Å². The number of nitrogens with two attached hydrogens (primary N) is 1. The molecule has 4 nitrogen and oxygen atoms in total. The summed E-state index contributed by atoms with van der Waals surface area (Å²) in [6.45, 7) is 2.02. The Morgan fingerprint density at radius 1 is 1.09 bits per heavy atom. The van der Waals surface area contributed by atoms with E-state index in [0.717, 1.165) is 24.5 Å². The van der Waals surface area contributed by atoms with Gasteiger partial charge in [-0.15, -0.1) is 0 Å². The lowest BCUT2D eigenvalue weighted by Gasteiger charge is -2.22. The third-order valence-electron chi connectivity index (χ3n) is 3.82. The minimum absolute atomic E-state index is 0.164. The molecule has 0 aliphatic carbocycles. The average Bonchev–Trinajstić information content (AvgIpc) is 3.02.